The average Bonchev–Trinajstić information content (AvgIpc) is 3.52. The third kappa shape index (κ3) is 3.50. The van der Waals surface area contributed by atoms with Crippen LogP contribution < -0.4 is 0 Å². The Hall–Kier alpha value is -1.66. The zero-order chi connectivity index (χ0) is 26.3. The zero-order valence-electron chi connectivity index (χ0n) is 22.9. The summed E-state index contributed by atoms with van der Waals surface area (Å²) in [6.45, 7) is 11.9. The van der Waals surface area contributed by atoms with Crippen molar-refractivity contribution < 1.29 is 14.3 Å². The van der Waals surface area contributed by atoms with Gasteiger partial charge < -0.3 is 9.52 Å². The van der Waals surface area contributed by atoms with Crippen LogP contribution >= 0.6 is 15.9 Å². The molecule has 3 saturated carbocycles. The molecule has 0 spiro atoms. The standard InChI is InChI=1S/C31H41BrN2O3/c1-6-27(36)31(5)18(2)11-24-23-10-7-20-12-25-19(13-29(20,3)28(23)26(35)14-30(24,31)4)16-34(33-25)17-22-9-8-21(15-32)37-22/h8-9,12,16,18,23-24,26,28,35H,6-7,10-11,13-15,17H2,1-5H3/t18-,23+,24+,26+,28-,29+,30+,31?/m1/s1. The van der Waals surface area contributed by atoms with Gasteiger partial charge in [-0.25, -0.2) is 0 Å². The van der Waals surface area contributed by atoms with E-state index in [-0.39, 0.29) is 22.2 Å². The van der Waals surface area contributed by atoms with Gasteiger partial charge in [0.15, 0.2) is 0 Å². The van der Waals surface area contributed by atoms with E-state index in [0.717, 1.165) is 49.3 Å². The molecular weight excluding hydrogens is 528 g/mol. The number of furan rings is 1. The number of ketones is 1. The Balaban J connectivity index is 1.31. The Kier molecular flexibility index (Phi) is 6.00. The van der Waals surface area contributed by atoms with E-state index < -0.39 is 6.10 Å². The molecule has 0 saturated heterocycles. The Morgan fingerprint density at radius 3 is 2.73 bits per heavy atom. The van der Waals surface area contributed by atoms with Crippen LogP contribution in [0.5, 0.6) is 0 Å². The highest BCUT2D eigenvalue weighted by Gasteiger charge is 2.68. The van der Waals surface area contributed by atoms with Crippen LogP contribution in [0.3, 0.4) is 0 Å². The van der Waals surface area contributed by atoms with E-state index >= 15 is 0 Å². The molecule has 5 nitrogen and oxygen atoms in total. The van der Waals surface area contributed by atoms with Crippen LogP contribution in [0.15, 0.2) is 28.3 Å². The normalized spacial score (nSPS) is 40.4. The summed E-state index contributed by atoms with van der Waals surface area (Å²) < 4.78 is 7.89. The lowest BCUT2D eigenvalue weighted by atomic mass is 9.44. The summed E-state index contributed by atoms with van der Waals surface area (Å²) in [7, 11) is 0. The number of aliphatic hydroxyl groups is 1. The molecule has 0 bridgehead atoms. The molecule has 1 unspecified atom stereocenters. The van der Waals surface area contributed by atoms with Gasteiger partial charge in [-0.15, -0.1) is 0 Å². The van der Waals surface area contributed by atoms with Gasteiger partial charge in [0.2, 0.25) is 0 Å². The van der Waals surface area contributed by atoms with Gasteiger partial charge in [-0.05, 0) is 90.4 Å². The minimum Gasteiger partial charge on any atom is -0.463 e. The molecule has 6 rings (SSSR count). The van der Waals surface area contributed by atoms with Gasteiger partial charge >= 0.3 is 0 Å². The third-order valence-electron chi connectivity index (χ3n) is 11.6. The second-order valence-corrected chi connectivity index (χ2v) is 13.7. The molecule has 37 heavy (non-hydrogen) atoms. The molecule has 200 valence electrons. The van der Waals surface area contributed by atoms with Gasteiger partial charge in [-0.1, -0.05) is 56.1 Å². The third-order valence-corrected chi connectivity index (χ3v) is 12.2. The summed E-state index contributed by atoms with van der Waals surface area (Å²) in [5.74, 6) is 3.73. The molecule has 1 N–H and O–H groups in total. The van der Waals surface area contributed by atoms with Crippen molar-refractivity contribution in [3.63, 3.8) is 0 Å². The van der Waals surface area contributed by atoms with E-state index in [9.17, 15) is 9.90 Å². The topological polar surface area (TPSA) is 68.3 Å². The maximum atomic E-state index is 13.3. The number of allylic oxidation sites excluding steroid dienone is 1. The summed E-state index contributed by atoms with van der Waals surface area (Å²) >= 11 is 3.46. The van der Waals surface area contributed by atoms with Crippen LogP contribution in [-0.4, -0.2) is 26.8 Å². The number of Topliss-reactive ketones (excluding diaryl/α,β-unsaturated/α-hetero) is 1. The summed E-state index contributed by atoms with van der Waals surface area (Å²) in [4.78, 5) is 13.3. The van der Waals surface area contributed by atoms with Gasteiger partial charge in [-0.2, -0.15) is 5.10 Å². The van der Waals surface area contributed by atoms with Gasteiger partial charge in [0.1, 0.15) is 17.3 Å². The molecule has 0 amide bonds. The van der Waals surface area contributed by atoms with Gasteiger partial charge in [0.05, 0.1) is 23.7 Å². The number of aromatic nitrogens is 2. The van der Waals surface area contributed by atoms with Crippen LogP contribution in [-0.2, 0) is 23.1 Å². The number of carbonyl (C=O) groups is 1. The highest BCUT2D eigenvalue weighted by Crippen LogP contribution is 2.71. The highest BCUT2D eigenvalue weighted by molar-refractivity contribution is 9.08. The second kappa shape index (κ2) is 8.67. The zero-order valence-corrected chi connectivity index (χ0v) is 24.5. The lowest BCUT2D eigenvalue weighted by Gasteiger charge is -2.61. The van der Waals surface area contributed by atoms with E-state index in [1.807, 2.05) is 23.7 Å². The molecule has 2 heterocycles. The van der Waals surface area contributed by atoms with E-state index in [4.69, 9.17) is 9.52 Å². The fraction of sp³-hybridized carbons (Fsp3) is 0.677. The van der Waals surface area contributed by atoms with Crippen molar-refractivity contribution in [2.45, 2.75) is 91.1 Å². The van der Waals surface area contributed by atoms with E-state index in [0.29, 0.717) is 41.8 Å². The number of hydrogen-bond acceptors (Lipinski definition) is 4. The first-order chi connectivity index (χ1) is 17.5. The molecule has 3 fully saturated rings. The van der Waals surface area contributed by atoms with Gasteiger partial charge in [0.25, 0.3) is 0 Å². The fourth-order valence-electron chi connectivity index (χ4n) is 9.58. The molecule has 4 aliphatic rings. The number of halogens is 1. The molecule has 0 aliphatic heterocycles. The van der Waals surface area contributed by atoms with E-state index in [1.54, 1.807) is 0 Å². The fourth-order valence-corrected chi connectivity index (χ4v) is 9.88. The first-order valence-corrected chi connectivity index (χ1v) is 15.3. The summed E-state index contributed by atoms with van der Waals surface area (Å²) in [5, 5.41) is 17.5. The molecule has 4 aliphatic carbocycles. The predicted octanol–water partition coefficient (Wildman–Crippen LogP) is 6.80. The first-order valence-electron chi connectivity index (χ1n) is 14.2. The minimum absolute atomic E-state index is 0.0741. The number of alkyl halides is 1. The molecule has 2 aromatic rings. The molecule has 2 aromatic heterocycles. The van der Waals surface area contributed by atoms with Crippen molar-refractivity contribution in [2.75, 3.05) is 0 Å². The average molecular weight is 570 g/mol. The molecule has 0 radical (unpaired) electrons. The van der Waals surface area contributed by atoms with Crippen LogP contribution in [0.25, 0.3) is 6.08 Å². The smallest absolute Gasteiger partial charge is 0.139 e. The Labute approximate surface area is 229 Å². The number of rotatable bonds is 5. The Bertz CT molecular complexity index is 1260. The van der Waals surface area contributed by atoms with Crippen LogP contribution in [0.2, 0.25) is 0 Å². The van der Waals surface area contributed by atoms with Crippen molar-refractivity contribution in [3.8, 4) is 0 Å². The lowest BCUT2D eigenvalue weighted by molar-refractivity contribution is -0.158. The number of aliphatic hydroxyl groups excluding tert-OH is 1. The van der Waals surface area contributed by atoms with Crippen LogP contribution in [0, 0.1) is 39.9 Å². The van der Waals surface area contributed by atoms with Crippen molar-refractivity contribution in [1.82, 2.24) is 9.78 Å². The highest BCUT2D eigenvalue weighted by atomic mass is 79.9. The number of nitrogens with zero attached hydrogens (tertiary/aromatic N) is 2. The predicted molar refractivity (Wildman–Crippen MR) is 148 cm³/mol. The monoisotopic (exact) mass is 568 g/mol. The van der Waals surface area contributed by atoms with Crippen molar-refractivity contribution in [1.29, 1.82) is 0 Å². The maximum absolute atomic E-state index is 13.3. The lowest BCUT2D eigenvalue weighted by Crippen LogP contribution is -2.59. The SMILES string of the molecule is CCC(=O)C1(C)[C@H](C)C[C@H]2[C@@H]3CCC4=Cc5nn(Cc6ccc(CBr)o6)cc5C[C@]4(C)[C@H]3[C@@H](O)C[C@@]21C. The Morgan fingerprint density at radius 2 is 2.03 bits per heavy atom. The number of hydrogen-bond donors (Lipinski definition) is 1. The van der Waals surface area contributed by atoms with Crippen LogP contribution in [0.4, 0.5) is 0 Å². The summed E-state index contributed by atoms with van der Waals surface area (Å²) in [6, 6.07) is 4.03. The van der Waals surface area contributed by atoms with Crippen molar-refractivity contribution >= 4 is 27.8 Å². The van der Waals surface area contributed by atoms with Gasteiger partial charge in [-0.3, -0.25) is 9.48 Å². The quantitative estimate of drug-likeness (QED) is 0.402. The molecule has 6 heteroatoms. The molecule has 0 aromatic carbocycles. The first kappa shape index (κ1) is 25.6. The summed E-state index contributed by atoms with van der Waals surface area (Å²) in [5.41, 5.74) is 3.23. The summed E-state index contributed by atoms with van der Waals surface area (Å²) in [6.07, 6.45) is 9.60. The van der Waals surface area contributed by atoms with E-state index in [2.05, 4.69) is 55.9 Å². The van der Waals surface area contributed by atoms with E-state index in [1.165, 1.54) is 11.1 Å². The maximum Gasteiger partial charge on any atom is 0.139 e. The molecular formula is C31H41BrN2O3. The van der Waals surface area contributed by atoms with Crippen molar-refractivity contribution in [2.24, 2.45) is 39.9 Å². The second-order valence-electron chi connectivity index (χ2n) is 13.1. The molecule has 8 atom stereocenters. The largest absolute Gasteiger partial charge is 0.463 e. The van der Waals surface area contributed by atoms with Crippen molar-refractivity contribution in [3.05, 3.63) is 46.7 Å². The van der Waals surface area contributed by atoms with Crippen LogP contribution in [0.1, 0.15) is 89.5 Å². The minimum atomic E-state index is -0.392. The van der Waals surface area contributed by atoms with Gasteiger partial charge in [0, 0.05) is 18.0 Å². The number of carbonyl (C=O) groups excluding carboxylic acids is 1. The Morgan fingerprint density at radius 1 is 1.27 bits per heavy atom. The number of fused-ring (bicyclic) bond motifs is 6.